The van der Waals surface area contributed by atoms with E-state index in [1.54, 1.807) is 0 Å². The fourth-order valence-corrected chi connectivity index (χ4v) is 2.65. The second kappa shape index (κ2) is 5.09. The third kappa shape index (κ3) is 2.80. The van der Waals surface area contributed by atoms with Gasteiger partial charge in [0, 0.05) is 18.0 Å². The molecule has 0 aliphatic carbocycles. The van der Waals surface area contributed by atoms with Crippen molar-refractivity contribution in [2.75, 3.05) is 10.5 Å². The molecule has 0 unspecified atom stereocenters. The summed E-state index contributed by atoms with van der Waals surface area (Å²) in [6, 6.07) is 6.12. The van der Waals surface area contributed by atoms with Crippen LogP contribution >= 0.6 is 0 Å². The number of nitro groups is 1. The first-order valence-electron chi connectivity index (χ1n) is 5.24. The summed E-state index contributed by atoms with van der Waals surface area (Å²) in [6.07, 6.45) is 1.36. The number of nitro benzene ring substituents is 1. The molecule has 0 fully saturated rings. The van der Waals surface area contributed by atoms with Crippen molar-refractivity contribution in [1.82, 2.24) is 10.2 Å². The van der Waals surface area contributed by atoms with E-state index in [1.807, 2.05) is 0 Å². The van der Waals surface area contributed by atoms with Crippen molar-refractivity contribution in [2.45, 2.75) is 4.90 Å². The maximum Gasteiger partial charge on any atom is 0.290 e. The molecule has 0 atom stereocenters. The molecule has 0 bridgehead atoms. The van der Waals surface area contributed by atoms with Crippen molar-refractivity contribution < 1.29 is 13.3 Å². The second-order valence-corrected chi connectivity index (χ2v) is 5.35. The summed E-state index contributed by atoms with van der Waals surface area (Å²) in [5.41, 5.74) is 4.99. The first kappa shape index (κ1) is 13.7. The number of nitrogens with two attached hydrogens (primary N) is 1. The van der Waals surface area contributed by atoms with E-state index >= 15 is 0 Å². The van der Waals surface area contributed by atoms with Crippen LogP contribution in [0.15, 0.2) is 41.4 Å². The number of nitrogens with zero attached hydrogens (tertiary/aromatic N) is 3. The number of nitrogen functional groups attached to an aromatic ring is 1. The largest absolute Gasteiger partial charge is 0.399 e. The van der Waals surface area contributed by atoms with Crippen molar-refractivity contribution in [3.8, 4) is 0 Å². The van der Waals surface area contributed by atoms with E-state index in [1.165, 1.54) is 24.4 Å². The first-order chi connectivity index (χ1) is 9.40. The molecule has 0 aliphatic heterocycles. The quantitative estimate of drug-likeness (QED) is 0.482. The second-order valence-electron chi connectivity index (χ2n) is 3.70. The molecule has 10 heteroatoms. The summed E-state index contributed by atoms with van der Waals surface area (Å²) < 4.78 is 26.4. The fraction of sp³-hybridized carbons (Fsp3) is 0. The lowest BCUT2D eigenvalue weighted by molar-refractivity contribution is -0.387. The summed E-state index contributed by atoms with van der Waals surface area (Å²) in [5, 5.41) is 17.9. The predicted octanol–water partition coefficient (Wildman–Crippen LogP) is 0.768. The van der Waals surface area contributed by atoms with Crippen LogP contribution in [0.25, 0.3) is 0 Å². The van der Waals surface area contributed by atoms with Gasteiger partial charge in [0.05, 0.1) is 4.92 Å². The van der Waals surface area contributed by atoms with Gasteiger partial charge in [-0.3, -0.25) is 14.8 Å². The van der Waals surface area contributed by atoms with Gasteiger partial charge >= 0.3 is 0 Å². The number of rotatable bonds is 4. The van der Waals surface area contributed by atoms with Gasteiger partial charge in [0.2, 0.25) is 0 Å². The molecule has 1 heterocycles. The van der Waals surface area contributed by atoms with Crippen LogP contribution in [0.5, 0.6) is 0 Å². The summed E-state index contributed by atoms with van der Waals surface area (Å²) in [6.45, 7) is 0. The van der Waals surface area contributed by atoms with Gasteiger partial charge in [-0.1, -0.05) is 0 Å². The molecule has 0 saturated heterocycles. The summed E-state index contributed by atoms with van der Waals surface area (Å²) in [5.74, 6) is -0.0516. The Labute approximate surface area is 113 Å². The molecule has 20 heavy (non-hydrogen) atoms. The van der Waals surface area contributed by atoms with Gasteiger partial charge in [-0.2, -0.15) is 5.10 Å². The van der Waals surface area contributed by atoms with Crippen LogP contribution in [0, 0.1) is 10.1 Å². The highest BCUT2D eigenvalue weighted by molar-refractivity contribution is 7.92. The highest BCUT2D eigenvalue weighted by atomic mass is 32.2. The Morgan fingerprint density at radius 2 is 2.05 bits per heavy atom. The average molecular weight is 295 g/mol. The smallest absolute Gasteiger partial charge is 0.290 e. The van der Waals surface area contributed by atoms with E-state index in [9.17, 15) is 18.5 Å². The van der Waals surface area contributed by atoms with Crippen molar-refractivity contribution in [2.24, 2.45) is 0 Å². The van der Waals surface area contributed by atoms with E-state index in [0.29, 0.717) is 0 Å². The number of anilines is 2. The average Bonchev–Trinajstić information content (AvgIpc) is 2.39. The molecular formula is C10H9N5O4S. The highest BCUT2D eigenvalue weighted by Gasteiger charge is 2.26. The molecule has 1 aromatic heterocycles. The van der Waals surface area contributed by atoms with Crippen LogP contribution in [0.3, 0.4) is 0 Å². The Morgan fingerprint density at radius 1 is 1.30 bits per heavy atom. The molecule has 3 N–H and O–H groups in total. The van der Waals surface area contributed by atoms with Crippen LogP contribution in [0.2, 0.25) is 0 Å². The maximum absolute atomic E-state index is 12.1. The van der Waals surface area contributed by atoms with E-state index in [2.05, 4.69) is 14.9 Å². The summed E-state index contributed by atoms with van der Waals surface area (Å²) in [7, 11) is -4.19. The molecule has 9 nitrogen and oxygen atoms in total. The molecular weight excluding hydrogens is 286 g/mol. The third-order valence-electron chi connectivity index (χ3n) is 2.28. The highest BCUT2D eigenvalue weighted by Crippen LogP contribution is 2.27. The molecule has 0 radical (unpaired) electrons. The van der Waals surface area contributed by atoms with E-state index in [-0.39, 0.29) is 11.5 Å². The molecule has 0 amide bonds. The molecule has 2 rings (SSSR count). The first-order valence-corrected chi connectivity index (χ1v) is 6.73. The monoisotopic (exact) mass is 295 g/mol. The Hall–Kier alpha value is -2.75. The molecule has 0 saturated carbocycles. The normalized spacial score (nSPS) is 11.0. The van der Waals surface area contributed by atoms with Crippen molar-refractivity contribution >= 4 is 27.2 Å². The van der Waals surface area contributed by atoms with Crippen LogP contribution < -0.4 is 10.5 Å². The zero-order valence-corrected chi connectivity index (χ0v) is 10.7. The van der Waals surface area contributed by atoms with Crippen LogP contribution in [0.1, 0.15) is 0 Å². The summed E-state index contributed by atoms with van der Waals surface area (Å²) >= 11 is 0. The van der Waals surface area contributed by atoms with Gasteiger partial charge in [0.15, 0.2) is 10.7 Å². The van der Waals surface area contributed by atoms with Crippen molar-refractivity contribution in [3.05, 3.63) is 46.6 Å². The SMILES string of the molecule is Nc1ccc([N+](=O)[O-])c(S(=O)(=O)Nc2cccnn2)c1. The standard InChI is InChI=1S/C10H9N5O4S/c11-7-3-4-8(15(16)17)9(6-7)20(18,19)14-10-2-1-5-12-13-10/h1-6H,11H2,(H,13,14). The van der Waals surface area contributed by atoms with Crippen LogP contribution in [0.4, 0.5) is 17.2 Å². The Kier molecular flexibility index (Phi) is 3.48. The lowest BCUT2D eigenvalue weighted by Crippen LogP contribution is -2.16. The minimum atomic E-state index is -4.19. The van der Waals surface area contributed by atoms with Crippen molar-refractivity contribution in [1.29, 1.82) is 0 Å². The molecule has 0 spiro atoms. The molecule has 1 aromatic carbocycles. The minimum absolute atomic E-state index is 0.0516. The number of benzene rings is 1. The molecule has 0 aliphatic rings. The fourth-order valence-electron chi connectivity index (χ4n) is 1.45. The van der Waals surface area contributed by atoms with E-state index < -0.39 is 25.5 Å². The maximum atomic E-state index is 12.1. The van der Waals surface area contributed by atoms with E-state index in [4.69, 9.17) is 5.73 Å². The Balaban J connectivity index is 2.49. The Morgan fingerprint density at radius 3 is 2.65 bits per heavy atom. The summed E-state index contributed by atoms with van der Waals surface area (Å²) in [4.78, 5) is 9.54. The van der Waals surface area contributed by atoms with Gasteiger partial charge in [0.1, 0.15) is 0 Å². The van der Waals surface area contributed by atoms with Crippen molar-refractivity contribution in [3.63, 3.8) is 0 Å². The minimum Gasteiger partial charge on any atom is -0.399 e. The lowest BCUT2D eigenvalue weighted by Gasteiger charge is -2.07. The zero-order valence-electron chi connectivity index (χ0n) is 9.92. The Bertz CT molecular complexity index is 747. The van der Waals surface area contributed by atoms with E-state index in [0.717, 1.165) is 12.1 Å². The van der Waals surface area contributed by atoms with Gasteiger partial charge in [-0.15, -0.1) is 5.10 Å². The topological polar surface area (TPSA) is 141 Å². The number of sulfonamides is 1. The van der Waals surface area contributed by atoms with Gasteiger partial charge in [-0.05, 0) is 24.3 Å². The number of hydrogen-bond acceptors (Lipinski definition) is 7. The number of aromatic nitrogens is 2. The zero-order chi connectivity index (χ0) is 14.8. The molecule has 2 aromatic rings. The number of hydrogen-bond donors (Lipinski definition) is 2. The predicted molar refractivity (Wildman–Crippen MR) is 70.3 cm³/mol. The van der Waals surface area contributed by atoms with Gasteiger partial charge in [-0.25, -0.2) is 8.42 Å². The lowest BCUT2D eigenvalue weighted by atomic mass is 10.3. The number of nitrogens with one attached hydrogen (secondary N) is 1. The van der Waals surface area contributed by atoms with Gasteiger partial charge < -0.3 is 5.73 Å². The third-order valence-corrected chi connectivity index (χ3v) is 3.67. The van der Waals surface area contributed by atoms with Gasteiger partial charge in [0.25, 0.3) is 15.7 Å². The molecule has 104 valence electrons. The van der Waals surface area contributed by atoms with Crippen LogP contribution in [-0.4, -0.2) is 23.5 Å². The van der Waals surface area contributed by atoms with Crippen LogP contribution in [-0.2, 0) is 10.0 Å².